The summed E-state index contributed by atoms with van der Waals surface area (Å²) in [7, 11) is -0.716. The van der Waals surface area contributed by atoms with Crippen LogP contribution in [0.15, 0.2) is 24.3 Å². The maximum absolute atomic E-state index is 5.98. The van der Waals surface area contributed by atoms with Crippen LogP contribution in [0.5, 0.6) is 0 Å². The summed E-state index contributed by atoms with van der Waals surface area (Å²) in [4.78, 5) is 0. The lowest BCUT2D eigenvalue weighted by molar-refractivity contribution is 0.607. The summed E-state index contributed by atoms with van der Waals surface area (Å²) in [5.41, 5.74) is 1.40. The second-order valence-corrected chi connectivity index (χ2v) is 9.29. The predicted octanol–water partition coefficient (Wildman–Crippen LogP) is 1.48. The van der Waals surface area contributed by atoms with Gasteiger partial charge in [-0.2, -0.15) is 0 Å². The Kier molecular flexibility index (Phi) is 4.10. The molecular weight excluding hydrogens is 204 g/mol. The molecule has 0 unspecified atom stereocenters. The van der Waals surface area contributed by atoms with Gasteiger partial charge in [-0.3, -0.25) is 0 Å². The van der Waals surface area contributed by atoms with Gasteiger partial charge < -0.3 is 4.12 Å². The van der Waals surface area contributed by atoms with Gasteiger partial charge in [0.2, 0.25) is 8.32 Å². The van der Waals surface area contributed by atoms with Gasteiger partial charge in [0.15, 0.2) is 0 Å². The first-order valence-electron chi connectivity index (χ1n) is 5.31. The molecule has 0 N–H and O–H groups in total. The van der Waals surface area contributed by atoms with Gasteiger partial charge in [-0.15, -0.1) is 0 Å². The van der Waals surface area contributed by atoms with Crippen molar-refractivity contribution in [3.63, 3.8) is 0 Å². The van der Waals surface area contributed by atoms with Crippen molar-refractivity contribution in [1.82, 2.24) is 0 Å². The molecule has 0 radical (unpaired) electrons. The van der Waals surface area contributed by atoms with Gasteiger partial charge in [0.1, 0.15) is 10.5 Å². The number of rotatable bonds is 4. The van der Waals surface area contributed by atoms with E-state index in [1.807, 2.05) is 0 Å². The van der Waals surface area contributed by atoms with Gasteiger partial charge >= 0.3 is 0 Å². The van der Waals surface area contributed by atoms with Gasteiger partial charge in [-0.25, -0.2) is 0 Å². The Bertz CT molecular complexity index is 287. The zero-order chi connectivity index (χ0) is 10.6. The third kappa shape index (κ3) is 1.99. The lowest BCUT2D eigenvalue weighted by atomic mass is 10.2. The Morgan fingerprint density at radius 2 is 1.79 bits per heavy atom. The van der Waals surface area contributed by atoms with Crippen LogP contribution >= 0.6 is 0 Å². The average Bonchev–Trinajstić information content (AvgIpc) is 2.24. The quantitative estimate of drug-likeness (QED) is 0.704. The minimum absolute atomic E-state index is 0.860. The molecule has 0 aromatic heterocycles. The van der Waals surface area contributed by atoms with Crippen molar-refractivity contribution in [1.29, 1.82) is 0 Å². The Balaban J connectivity index is 3.17. The van der Waals surface area contributed by atoms with E-state index in [1.54, 1.807) is 0 Å². The summed E-state index contributed by atoms with van der Waals surface area (Å²) in [5.74, 6) is 0. The van der Waals surface area contributed by atoms with E-state index in [-0.39, 0.29) is 0 Å². The summed E-state index contributed by atoms with van der Waals surface area (Å²) in [6, 6.07) is 11.1. The van der Waals surface area contributed by atoms with E-state index in [0.29, 0.717) is 0 Å². The van der Waals surface area contributed by atoms with E-state index in [4.69, 9.17) is 4.12 Å². The molecule has 0 atom stereocenters. The molecule has 1 rings (SSSR count). The highest BCUT2D eigenvalue weighted by atomic mass is 28.4. The van der Waals surface area contributed by atoms with Crippen LogP contribution in [0.2, 0.25) is 12.1 Å². The molecule has 0 aliphatic rings. The van der Waals surface area contributed by atoms with Gasteiger partial charge in [0, 0.05) is 0 Å². The number of hydrogen-bond donors (Lipinski definition) is 0. The molecule has 0 saturated heterocycles. The first kappa shape index (κ1) is 11.7. The average molecular weight is 224 g/mol. The van der Waals surface area contributed by atoms with Crippen LogP contribution in [0, 0.1) is 6.92 Å². The fourth-order valence-electron chi connectivity index (χ4n) is 2.11. The van der Waals surface area contributed by atoms with Crippen LogP contribution < -0.4 is 5.19 Å². The van der Waals surface area contributed by atoms with Crippen molar-refractivity contribution in [3.05, 3.63) is 29.8 Å². The lowest BCUT2D eigenvalue weighted by Gasteiger charge is -2.29. The van der Waals surface area contributed by atoms with Crippen molar-refractivity contribution in [2.24, 2.45) is 0 Å². The van der Waals surface area contributed by atoms with Gasteiger partial charge in [-0.1, -0.05) is 38.1 Å². The van der Waals surface area contributed by atoms with Crippen LogP contribution in [-0.4, -0.2) is 18.8 Å². The Morgan fingerprint density at radius 3 is 2.21 bits per heavy atom. The molecule has 14 heavy (non-hydrogen) atoms. The zero-order valence-electron chi connectivity index (χ0n) is 9.63. The fraction of sp³-hybridized carbons (Fsp3) is 0.455. The van der Waals surface area contributed by atoms with E-state index in [0.717, 1.165) is 10.5 Å². The summed E-state index contributed by atoms with van der Waals surface area (Å²) >= 11 is 0. The van der Waals surface area contributed by atoms with Crippen molar-refractivity contribution >= 4 is 24.0 Å². The first-order chi connectivity index (χ1) is 6.70. The molecular formula is C11H20OSi2. The van der Waals surface area contributed by atoms with E-state index < -0.39 is 8.32 Å². The molecule has 0 heterocycles. The zero-order valence-corrected chi connectivity index (χ0v) is 12.6. The molecule has 0 amide bonds. The lowest BCUT2D eigenvalue weighted by Crippen LogP contribution is -2.50. The third-order valence-electron chi connectivity index (χ3n) is 3.17. The molecule has 0 bridgehead atoms. The van der Waals surface area contributed by atoms with Gasteiger partial charge in [0.25, 0.3) is 0 Å². The van der Waals surface area contributed by atoms with E-state index in [9.17, 15) is 0 Å². The summed E-state index contributed by atoms with van der Waals surface area (Å²) in [6.07, 6.45) is 0. The minimum atomic E-state index is -1.58. The highest BCUT2D eigenvalue weighted by Crippen LogP contribution is 2.17. The van der Waals surface area contributed by atoms with Crippen molar-refractivity contribution in [3.8, 4) is 0 Å². The number of aryl methyl sites for hydroxylation is 1. The molecule has 0 aliphatic heterocycles. The summed E-state index contributed by atoms with van der Waals surface area (Å²) in [5, 5.41) is 1.50. The maximum atomic E-state index is 5.98. The normalized spacial score (nSPS) is 11.9. The van der Waals surface area contributed by atoms with Gasteiger partial charge in [0.05, 0.1) is 0 Å². The minimum Gasteiger partial charge on any atom is -0.460 e. The summed E-state index contributed by atoms with van der Waals surface area (Å²) in [6.45, 7) is 6.73. The molecule has 1 aromatic rings. The Labute approximate surface area is 91.2 Å². The van der Waals surface area contributed by atoms with Crippen molar-refractivity contribution in [2.75, 3.05) is 0 Å². The van der Waals surface area contributed by atoms with Crippen LogP contribution in [0.4, 0.5) is 0 Å². The SMILES string of the molecule is CC[Si](CC)(O[SiH3])c1ccccc1C. The van der Waals surface area contributed by atoms with Crippen LogP contribution in [0.3, 0.4) is 0 Å². The standard InChI is InChI=1S/C11H20OSi2/c1-4-14(5-2,12-13)11-9-7-6-8-10(11)3/h6-9H,4-5H2,1-3,13H3. The highest BCUT2D eigenvalue weighted by Gasteiger charge is 2.32. The van der Waals surface area contributed by atoms with E-state index in [1.165, 1.54) is 22.8 Å². The first-order valence-corrected chi connectivity index (χ1v) is 8.45. The van der Waals surface area contributed by atoms with Crippen molar-refractivity contribution < 1.29 is 4.12 Å². The van der Waals surface area contributed by atoms with Crippen LogP contribution in [-0.2, 0) is 4.12 Å². The molecule has 0 aliphatic carbocycles. The van der Waals surface area contributed by atoms with Crippen LogP contribution in [0.1, 0.15) is 19.4 Å². The molecule has 1 aromatic carbocycles. The molecule has 3 heteroatoms. The smallest absolute Gasteiger partial charge is 0.211 e. The molecule has 0 fully saturated rings. The molecule has 1 nitrogen and oxygen atoms in total. The van der Waals surface area contributed by atoms with Gasteiger partial charge in [-0.05, 0) is 29.8 Å². The Hall–Kier alpha value is -0.386. The number of hydrogen-bond acceptors (Lipinski definition) is 1. The second-order valence-electron chi connectivity index (χ2n) is 3.72. The second kappa shape index (κ2) is 4.91. The predicted molar refractivity (Wildman–Crippen MR) is 68.6 cm³/mol. The van der Waals surface area contributed by atoms with Crippen molar-refractivity contribution in [2.45, 2.75) is 32.9 Å². The van der Waals surface area contributed by atoms with E-state index in [2.05, 4.69) is 45.0 Å². The van der Waals surface area contributed by atoms with E-state index >= 15 is 0 Å². The topological polar surface area (TPSA) is 9.23 Å². The number of benzene rings is 1. The maximum Gasteiger partial charge on any atom is 0.211 e. The molecule has 0 spiro atoms. The largest absolute Gasteiger partial charge is 0.460 e. The highest BCUT2D eigenvalue weighted by molar-refractivity contribution is 6.88. The Morgan fingerprint density at radius 1 is 1.21 bits per heavy atom. The molecule has 0 saturated carbocycles. The third-order valence-corrected chi connectivity index (χ3v) is 10.1. The fourth-order valence-corrected chi connectivity index (χ4v) is 7.77. The molecule has 78 valence electrons. The monoisotopic (exact) mass is 224 g/mol. The summed E-state index contributed by atoms with van der Waals surface area (Å²) < 4.78 is 5.98. The van der Waals surface area contributed by atoms with Crippen LogP contribution in [0.25, 0.3) is 0 Å².